The van der Waals surface area contributed by atoms with Crippen LogP contribution < -0.4 is 5.32 Å². The second-order valence-electron chi connectivity index (χ2n) is 3.73. The molecule has 1 unspecified atom stereocenters. The zero-order valence-electron chi connectivity index (χ0n) is 8.75. The first-order valence-corrected chi connectivity index (χ1v) is 7.09. The monoisotopic (exact) mass is 227 g/mol. The third-order valence-electron chi connectivity index (χ3n) is 2.95. The van der Waals surface area contributed by atoms with Gasteiger partial charge in [0.15, 0.2) is 0 Å². The summed E-state index contributed by atoms with van der Waals surface area (Å²) >= 11 is 3.89. The molecule has 1 aliphatic heterocycles. The molecule has 0 radical (unpaired) electrons. The summed E-state index contributed by atoms with van der Waals surface area (Å²) in [6.07, 6.45) is 2.60. The molecule has 0 spiro atoms. The minimum absolute atomic E-state index is 0.770. The normalized spacial score (nSPS) is 20.6. The van der Waals surface area contributed by atoms with Gasteiger partial charge in [-0.25, -0.2) is 0 Å². The first-order chi connectivity index (χ1) is 6.85. The Labute approximate surface area is 94.3 Å². The van der Waals surface area contributed by atoms with Crippen molar-refractivity contribution in [1.29, 1.82) is 0 Å². The SMILES string of the molecule is CCC(CC)C1CNc2sccc2S1. The van der Waals surface area contributed by atoms with Crippen molar-refractivity contribution >= 4 is 28.1 Å². The zero-order valence-corrected chi connectivity index (χ0v) is 10.4. The van der Waals surface area contributed by atoms with Crippen LogP contribution in [-0.2, 0) is 0 Å². The van der Waals surface area contributed by atoms with Gasteiger partial charge in [0.1, 0.15) is 5.00 Å². The van der Waals surface area contributed by atoms with Gasteiger partial charge in [-0.05, 0) is 17.4 Å². The van der Waals surface area contributed by atoms with E-state index in [9.17, 15) is 0 Å². The highest BCUT2D eigenvalue weighted by atomic mass is 32.2. The molecule has 1 aromatic rings. The average Bonchev–Trinajstić information content (AvgIpc) is 2.66. The number of fused-ring (bicyclic) bond motifs is 1. The molecule has 1 aromatic heterocycles. The Bertz CT molecular complexity index is 291. The minimum atomic E-state index is 0.770. The van der Waals surface area contributed by atoms with Crippen LogP contribution in [0.15, 0.2) is 16.3 Å². The van der Waals surface area contributed by atoms with Crippen LogP contribution in [0.2, 0.25) is 0 Å². The van der Waals surface area contributed by atoms with Gasteiger partial charge in [0, 0.05) is 16.7 Å². The van der Waals surface area contributed by atoms with E-state index in [1.807, 2.05) is 11.3 Å². The van der Waals surface area contributed by atoms with Gasteiger partial charge in [0.2, 0.25) is 0 Å². The van der Waals surface area contributed by atoms with E-state index < -0.39 is 0 Å². The van der Waals surface area contributed by atoms with Crippen LogP contribution in [0.25, 0.3) is 0 Å². The first-order valence-electron chi connectivity index (χ1n) is 5.33. The molecule has 2 rings (SSSR count). The summed E-state index contributed by atoms with van der Waals surface area (Å²) in [5, 5.41) is 7.86. The maximum absolute atomic E-state index is 3.54. The quantitative estimate of drug-likeness (QED) is 0.835. The molecule has 3 heteroatoms. The van der Waals surface area contributed by atoms with Crippen molar-refractivity contribution in [3.63, 3.8) is 0 Å². The molecule has 0 bridgehead atoms. The van der Waals surface area contributed by atoms with Crippen molar-refractivity contribution in [2.24, 2.45) is 5.92 Å². The van der Waals surface area contributed by atoms with Crippen LogP contribution in [0.4, 0.5) is 5.00 Å². The maximum Gasteiger partial charge on any atom is 0.102 e. The molecule has 0 aromatic carbocycles. The van der Waals surface area contributed by atoms with Crippen molar-refractivity contribution in [1.82, 2.24) is 0 Å². The summed E-state index contributed by atoms with van der Waals surface area (Å²) in [6.45, 7) is 5.75. The molecule has 0 fully saturated rings. The number of hydrogen-bond acceptors (Lipinski definition) is 3. The highest BCUT2D eigenvalue weighted by Crippen LogP contribution is 2.42. The number of nitrogens with one attached hydrogen (secondary N) is 1. The van der Waals surface area contributed by atoms with Crippen molar-refractivity contribution in [2.75, 3.05) is 11.9 Å². The molecule has 78 valence electrons. The van der Waals surface area contributed by atoms with E-state index in [2.05, 4.69) is 42.4 Å². The van der Waals surface area contributed by atoms with Gasteiger partial charge in [-0.2, -0.15) is 0 Å². The second kappa shape index (κ2) is 4.58. The average molecular weight is 227 g/mol. The van der Waals surface area contributed by atoms with Gasteiger partial charge in [-0.15, -0.1) is 23.1 Å². The molecule has 2 heterocycles. The standard InChI is InChI=1S/C11H17NS2/c1-3-8(4-2)10-7-12-11-9(14-10)5-6-13-11/h5-6,8,10,12H,3-4,7H2,1-2H3. The van der Waals surface area contributed by atoms with Crippen LogP contribution in [-0.4, -0.2) is 11.8 Å². The lowest BCUT2D eigenvalue weighted by Crippen LogP contribution is -2.27. The summed E-state index contributed by atoms with van der Waals surface area (Å²) < 4.78 is 0. The molecular formula is C11H17NS2. The lowest BCUT2D eigenvalue weighted by atomic mass is 9.99. The maximum atomic E-state index is 3.54. The molecule has 0 saturated carbocycles. The van der Waals surface area contributed by atoms with Crippen molar-refractivity contribution in [2.45, 2.75) is 36.8 Å². The van der Waals surface area contributed by atoms with Crippen LogP contribution >= 0.6 is 23.1 Å². The van der Waals surface area contributed by atoms with E-state index in [-0.39, 0.29) is 0 Å². The first kappa shape index (κ1) is 10.4. The van der Waals surface area contributed by atoms with E-state index in [1.165, 1.54) is 22.7 Å². The van der Waals surface area contributed by atoms with Crippen molar-refractivity contribution in [3.8, 4) is 0 Å². The molecule has 1 nitrogen and oxygen atoms in total. The topological polar surface area (TPSA) is 12.0 Å². The highest BCUT2D eigenvalue weighted by molar-refractivity contribution is 8.00. The Balaban J connectivity index is 2.06. The number of thioether (sulfide) groups is 1. The smallest absolute Gasteiger partial charge is 0.102 e. The Kier molecular flexibility index (Phi) is 3.39. The molecule has 1 aliphatic rings. The number of anilines is 1. The predicted molar refractivity (Wildman–Crippen MR) is 66.5 cm³/mol. The Morgan fingerprint density at radius 2 is 2.29 bits per heavy atom. The Morgan fingerprint density at radius 1 is 1.50 bits per heavy atom. The van der Waals surface area contributed by atoms with Gasteiger partial charge >= 0.3 is 0 Å². The largest absolute Gasteiger partial charge is 0.375 e. The van der Waals surface area contributed by atoms with Gasteiger partial charge in [0.05, 0.1) is 0 Å². The van der Waals surface area contributed by atoms with Crippen molar-refractivity contribution in [3.05, 3.63) is 11.4 Å². The minimum Gasteiger partial charge on any atom is -0.375 e. The summed E-state index contributed by atoms with van der Waals surface area (Å²) in [6, 6.07) is 2.24. The third kappa shape index (κ3) is 1.94. The van der Waals surface area contributed by atoms with Gasteiger partial charge < -0.3 is 5.32 Å². The summed E-state index contributed by atoms with van der Waals surface area (Å²) in [7, 11) is 0. The van der Waals surface area contributed by atoms with E-state index in [0.717, 1.165) is 17.7 Å². The van der Waals surface area contributed by atoms with Crippen molar-refractivity contribution < 1.29 is 0 Å². The molecular weight excluding hydrogens is 210 g/mol. The zero-order chi connectivity index (χ0) is 9.97. The molecule has 0 amide bonds. The summed E-state index contributed by atoms with van der Waals surface area (Å²) in [5.74, 6) is 0.862. The van der Waals surface area contributed by atoms with Gasteiger partial charge in [-0.3, -0.25) is 0 Å². The molecule has 14 heavy (non-hydrogen) atoms. The number of thiophene rings is 1. The lowest BCUT2D eigenvalue weighted by molar-refractivity contribution is 0.479. The Morgan fingerprint density at radius 3 is 3.00 bits per heavy atom. The van der Waals surface area contributed by atoms with Crippen LogP contribution in [0.5, 0.6) is 0 Å². The summed E-state index contributed by atoms with van der Waals surface area (Å²) in [4.78, 5) is 1.46. The number of rotatable bonds is 3. The predicted octanol–water partition coefficient (Wildman–Crippen LogP) is 4.07. The fourth-order valence-electron chi connectivity index (χ4n) is 1.99. The van der Waals surface area contributed by atoms with E-state index in [0.29, 0.717) is 0 Å². The van der Waals surface area contributed by atoms with Crippen LogP contribution in [0, 0.1) is 5.92 Å². The number of hydrogen-bond donors (Lipinski definition) is 1. The van der Waals surface area contributed by atoms with E-state index in [4.69, 9.17) is 0 Å². The van der Waals surface area contributed by atoms with Crippen LogP contribution in [0.3, 0.4) is 0 Å². The fourth-order valence-corrected chi connectivity index (χ4v) is 4.46. The van der Waals surface area contributed by atoms with E-state index in [1.54, 1.807) is 0 Å². The third-order valence-corrected chi connectivity index (χ3v) is 5.40. The van der Waals surface area contributed by atoms with E-state index >= 15 is 0 Å². The summed E-state index contributed by atoms with van der Waals surface area (Å²) in [5.41, 5.74) is 0. The lowest BCUT2D eigenvalue weighted by Gasteiger charge is -2.29. The highest BCUT2D eigenvalue weighted by Gasteiger charge is 2.25. The molecule has 1 N–H and O–H groups in total. The second-order valence-corrected chi connectivity index (χ2v) is 5.92. The fraction of sp³-hybridized carbons (Fsp3) is 0.636. The van der Waals surface area contributed by atoms with Gasteiger partial charge in [-0.1, -0.05) is 26.7 Å². The molecule has 1 atom stereocenters. The molecule has 0 aliphatic carbocycles. The van der Waals surface area contributed by atoms with Gasteiger partial charge in [0.25, 0.3) is 0 Å². The van der Waals surface area contributed by atoms with Crippen LogP contribution in [0.1, 0.15) is 26.7 Å². The molecule has 0 saturated heterocycles. The Hall–Kier alpha value is -0.150.